The lowest BCUT2D eigenvalue weighted by atomic mass is 9.94. The van der Waals surface area contributed by atoms with Gasteiger partial charge in [0.1, 0.15) is 35.6 Å². The Balaban J connectivity index is 1.02. The standard InChI is InChI=1S/C41H40ClF5N8O3/c42-33-30(44)8-7-25-4-1-5-28(32(25)33)35-34(45)36-29(17-49-35)37(51-38(50-36)58-22-39-10-3-13-54(39)18-26(43)16-39)53-14-15-55(27(19-53)9-11-48)31(56)6-2-12-52-20-40(46)23-57-24-41(40,47)21-52/h1-2,4-8,17,26-27H,3,9-10,12-16,18-24H2/b6-2+/t26-,27+,39+,40-,41+/m1/s1. The Kier molecular flexibility index (Phi) is 9.93. The molecule has 2 aromatic heterocycles. The number of carbonyl (C=O) groups excluding carboxylic acids is 1. The van der Waals surface area contributed by atoms with Gasteiger partial charge in [-0.2, -0.15) is 15.2 Å². The number of halogens is 6. The summed E-state index contributed by atoms with van der Waals surface area (Å²) in [7, 11) is 0. The van der Waals surface area contributed by atoms with E-state index in [1.165, 1.54) is 18.3 Å². The molecule has 0 spiro atoms. The average Bonchev–Trinajstić information content (AvgIpc) is 3.89. The number of benzene rings is 2. The summed E-state index contributed by atoms with van der Waals surface area (Å²) in [5.74, 6) is -1.58. The minimum Gasteiger partial charge on any atom is -0.461 e. The Morgan fingerprint density at radius 1 is 1.09 bits per heavy atom. The molecule has 7 heterocycles. The number of anilines is 1. The van der Waals surface area contributed by atoms with Gasteiger partial charge in [-0.3, -0.25) is 19.6 Å². The van der Waals surface area contributed by atoms with Crippen LogP contribution in [0.15, 0.2) is 48.7 Å². The van der Waals surface area contributed by atoms with Crippen molar-refractivity contribution >= 4 is 45.0 Å². The minimum absolute atomic E-state index is 0.0266. The van der Waals surface area contributed by atoms with Gasteiger partial charge in [-0.15, -0.1) is 0 Å². The molecule has 304 valence electrons. The number of rotatable bonds is 9. The molecule has 0 N–H and O–H groups in total. The first-order chi connectivity index (χ1) is 27.9. The summed E-state index contributed by atoms with van der Waals surface area (Å²) in [5, 5.41) is 10.7. The quantitative estimate of drug-likeness (QED) is 0.148. The first-order valence-corrected chi connectivity index (χ1v) is 19.8. The molecular formula is C41H40ClF5N8O3. The number of nitrogens with zero attached hydrogens (tertiary/aromatic N) is 8. The molecule has 0 radical (unpaired) electrons. The number of carbonyl (C=O) groups is 1. The van der Waals surface area contributed by atoms with Crippen LogP contribution < -0.4 is 9.64 Å². The topological polar surface area (TPSA) is 111 Å². The van der Waals surface area contributed by atoms with Crippen LogP contribution in [-0.4, -0.2) is 137 Å². The van der Waals surface area contributed by atoms with Crippen molar-refractivity contribution in [1.82, 2.24) is 29.7 Å². The Hall–Kier alpha value is -4.69. The number of amides is 1. The zero-order valence-electron chi connectivity index (χ0n) is 31.5. The van der Waals surface area contributed by atoms with Gasteiger partial charge < -0.3 is 19.3 Å². The highest BCUT2D eigenvalue weighted by Gasteiger charge is 2.64. The molecule has 5 atom stereocenters. The van der Waals surface area contributed by atoms with Crippen LogP contribution in [0.25, 0.3) is 32.9 Å². The molecule has 5 saturated heterocycles. The first-order valence-electron chi connectivity index (χ1n) is 19.4. The molecule has 4 aromatic rings. The molecule has 1 amide bonds. The van der Waals surface area contributed by atoms with Crippen molar-refractivity contribution in [3.8, 4) is 23.3 Å². The van der Waals surface area contributed by atoms with Crippen LogP contribution in [0.3, 0.4) is 0 Å². The summed E-state index contributed by atoms with van der Waals surface area (Å²) in [6.07, 6.45) is 5.26. The van der Waals surface area contributed by atoms with Crippen LogP contribution in [0.2, 0.25) is 5.02 Å². The second-order valence-electron chi connectivity index (χ2n) is 16.1. The average molecular weight is 823 g/mol. The zero-order valence-corrected chi connectivity index (χ0v) is 32.2. The van der Waals surface area contributed by atoms with E-state index in [-0.39, 0.29) is 116 Å². The number of piperazine rings is 1. The number of nitriles is 1. The van der Waals surface area contributed by atoms with Gasteiger partial charge in [0.25, 0.3) is 0 Å². The molecule has 17 heteroatoms. The summed E-state index contributed by atoms with van der Waals surface area (Å²) in [6.45, 7) is 0.958. The summed E-state index contributed by atoms with van der Waals surface area (Å²) in [4.78, 5) is 34.4. The largest absolute Gasteiger partial charge is 0.461 e. The van der Waals surface area contributed by atoms with Crippen molar-refractivity contribution in [3.05, 3.63) is 65.3 Å². The highest BCUT2D eigenvalue weighted by molar-refractivity contribution is 6.36. The van der Waals surface area contributed by atoms with E-state index >= 15 is 13.2 Å². The van der Waals surface area contributed by atoms with Crippen LogP contribution in [0.5, 0.6) is 6.01 Å². The smallest absolute Gasteiger partial charge is 0.319 e. The lowest BCUT2D eigenvalue weighted by molar-refractivity contribution is -0.128. The Morgan fingerprint density at radius 3 is 2.69 bits per heavy atom. The number of hydrogen-bond acceptors (Lipinski definition) is 10. The van der Waals surface area contributed by atoms with Crippen molar-refractivity contribution in [3.63, 3.8) is 0 Å². The fourth-order valence-corrected chi connectivity index (χ4v) is 9.86. The van der Waals surface area contributed by atoms with Gasteiger partial charge in [-0.05, 0) is 30.8 Å². The Labute approximate surface area is 336 Å². The summed E-state index contributed by atoms with van der Waals surface area (Å²) in [5.41, 5.74) is -4.68. The van der Waals surface area contributed by atoms with Gasteiger partial charge in [0.05, 0.1) is 47.7 Å². The molecule has 58 heavy (non-hydrogen) atoms. The highest BCUT2D eigenvalue weighted by Crippen LogP contribution is 2.44. The molecule has 0 saturated carbocycles. The highest BCUT2D eigenvalue weighted by atomic mass is 35.5. The van der Waals surface area contributed by atoms with Crippen LogP contribution in [0.1, 0.15) is 25.7 Å². The van der Waals surface area contributed by atoms with E-state index in [9.17, 15) is 18.8 Å². The van der Waals surface area contributed by atoms with Gasteiger partial charge in [-0.25, -0.2) is 22.0 Å². The maximum atomic E-state index is 17.0. The van der Waals surface area contributed by atoms with Crippen molar-refractivity contribution < 1.29 is 36.2 Å². The van der Waals surface area contributed by atoms with E-state index < -0.39 is 40.7 Å². The zero-order chi connectivity index (χ0) is 40.4. The summed E-state index contributed by atoms with van der Waals surface area (Å²) in [6, 6.07) is 9.24. The van der Waals surface area contributed by atoms with Crippen molar-refractivity contribution in [2.24, 2.45) is 0 Å². The number of alkyl halides is 3. The van der Waals surface area contributed by atoms with Gasteiger partial charge in [-0.1, -0.05) is 41.9 Å². The van der Waals surface area contributed by atoms with Crippen LogP contribution in [0, 0.1) is 23.0 Å². The van der Waals surface area contributed by atoms with E-state index in [4.69, 9.17) is 26.1 Å². The minimum atomic E-state index is -2.08. The van der Waals surface area contributed by atoms with Crippen molar-refractivity contribution in [2.45, 2.75) is 54.8 Å². The van der Waals surface area contributed by atoms with E-state index in [1.807, 2.05) is 4.90 Å². The van der Waals surface area contributed by atoms with Crippen LogP contribution >= 0.6 is 11.6 Å². The van der Waals surface area contributed by atoms with Gasteiger partial charge in [0, 0.05) is 75.5 Å². The molecule has 5 aliphatic heterocycles. The number of likely N-dealkylation sites (tertiary alicyclic amines) is 1. The SMILES string of the molecule is N#CC[C@H]1CN(c2nc(OC[C@@]34CCCN3C[C@H](F)C4)nc3c(F)c(-c4cccc5ccc(F)c(Cl)c45)ncc23)CCN1C(=O)/C=C/CN1C[C@]2(F)COC[C@]2(F)C1. The molecule has 0 unspecified atom stereocenters. The van der Waals surface area contributed by atoms with Gasteiger partial charge >= 0.3 is 6.01 Å². The summed E-state index contributed by atoms with van der Waals surface area (Å²) >= 11 is 6.42. The number of ether oxygens (including phenoxy) is 2. The summed E-state index contributed by atoms with van der Waals surface area (Å²) < 4.78 is 87.8. The fourth-order valence-electron chi connectivity index (χ4n) is 9.59. The predicted molar refractivity (Wildman–Crippen MR) is 206 cm³/mol. The monoisotopic (exact) mass is 822 g/mol. The molecule has 9 rings (SSSR count). The van der Waals surface area contributed by atoms with Crippen molar-refractivity contribution in [1.29, 1.82) is 5.26 Å². The maximum Gasteiger partial charge on any atom is 0.319 e. The number of hydrogen-bond donors (Lipinski definition) is 0. The number of pyridine rings is 1. The first kappa shape index (κ1) is 38.8. The van der Waals surface area contributed by atoms with Crippen molar-refractivity contribution in [2.75, 3.05) is 77.1 Å². The molecule has 2 aromatic carbocycles. The lowest BCUT2D eigenvalue weighted by Gasteiger charge is -2.41. The molecule has 5 fully saturated rings. The third-order valence-electron chi connectivity index (χ3n) is 12.5. The third-order valence-corrected chi connectivity index (χ3v) is 12.9. The molecule has 5 aliphatic rings. The molecule has 11 nitrogen and oxygen atoms in total. The van der Waals surface area contributed by atoms with E-state index in [1.54, 1.807) is 40.1 Å². The Bertz CT molecular complexity index is 2350. The van der Waals surface area contributed by atoms with E-state index in [2.05, 4.69) is 20.9 Å². The fraction of sp³-hybridized carbons (Fsp3) is 0.488. The second kappa shape index (κ2) is 14.8. The predicted octanol–water partition coefficient (Wildman–Crippen LogP) is 5.98. The van der Waals surface area contributed by atoms with Gasteiger partial charge in [0.15, 0.2) is 17.2 Å². The molecular weight excluding hydrogens is 783 g/mol. The maximum absolute atomic E-state index is 17.0. The van der Waals surface area contributed by atoms with E-state index in [0.717, 1.165) is 19.4 Å². The van der Waals surface area contributed by atoms with Gasteiger partial charge in [0.2, 0.25) is 5.91 Å². The third kappa shape index (κ3) is 6.60. The molecule has 0 bridgehead atoms. The number of fused-ring (bicyclic) bond motifs is 4. The van der Waals surface area contributed by atoms with Crippen LogP contribution in [0.4, 0.5) is 27.8 Å². The second-order valence-corrected chi connectivity index (χ2v) is 16.5. The normalized spacial score (nSPS) is 28.8. The van der Waals surface area contributed by atoms with Crippen LogP contribution in [-0.2, 0) is 9.53 Å². The Morgan fingerprint density at radius 2 is 1.90 bits per heavy atom. The lowest BCUT2D eigenvalue weighted by Crippen LogP contribution is -2.55. The number of aromatic nitrogens is 3. The molecule has 0 aliphatic carbocycles. The van der Waals surface area contributed by atoms with E-state index in [0.29, 0.717) is 18.4 Å².